The van der Waals surface area contributed by atoms with Crippen molar-refractivity contribution in [3.8, 4) is 5.75 Å². The van der Waals surface area contributed by atoms with Crippen LogP contribution in [0.4, 0.5) is 5.69 Å². The van der Waals surface area contributed by atoms with Crippen LogP contribution < -0.4 is 5.73 Å². The standard InChI is InChI=1S/C12H18N2O3/c1-7-5-6-8(14(16)17)9(10(7)15)11(13)12(2,3)4/h5-6,11,15H,13H2,1-4H3/t11-/m0/s1. The summed E-state index contributed by atoms with van der Waals surface area (Å²) in [5, 5.41) is 20.9. The van der Waals surface area contributed by atoms with Crippen molar-refractivity contribution in [1.29, 1.82) is 0 Å². The Morgan fingerprint density at radius 1 is 1.41 bits per heavy atom. The number of hydrogen-bond acceptors (Lipinski definition) is 4. The summed E-state index contributed by atoms with van der Waals surface area (Å²) in [5.74, 6) is -0.0818. The van der Waals surface area contributed by atoms with Crippen LogP contribution in [0.2, 0.25) is 0 Å². The van der Waals surface area contributed by atoms with E-state index in [-0.39, 0.29) is 22.4 Å². The number of nitro groups is 1. The molecule has 0 fully saturated rings. The van der Waals surface area contributed by atoms with E-state index in [1.54, 1.807) is 6.92 Å². The van der Waals surface area contributed by atoms with Crippen LogP contribution in [0.5, 0.6) is 5.75 Å². The van der Waals surface area contributed by atoms with Gasteiger partial charge >= 0.3 is 0 Å². The summed E-state index contributed by atoms with van der Waals surface area (Å²) < 4.78 is 0. The Morgan fingerprint density at radius 3 is 2.35 bits per heavy atom. The molecule has 3 N–H and O–H groups in total. The van der Waals surface area contributed by atoms with Gasteiger partial charge in [0.05, 0.1) is 10.5 Å². The summed E-state index contributed by atoms with van der Waals surface area (Å²) in [5.41, 5.74) is 6.32. The highest BCUT2D eigenvalue weighted by atomic mass is 16.6. The molecule has 0 saturated carbocycles. The number of aromatic hydroxyl groups is 1. The lowest BCUT2D eigenvalue weighted by atomic mass is 9.81. The van der Waals surface area contributed by atoms with Crippen molar-refractivity contribution in [3.05, 3.63) is 33.4 Å². The Labute approximate surface area is 100 Å². The van der Waals surface area contributed by atoms with E-state index in [0.717, 1.165) is 0 Å². The molecule has 0 saturated heterocycles. The Morgan fingerprint density at radius 2 is 1.94 bits per heavy atom. The first kappa shape index (κ1) is 13.4. The van der Waals surface area contributed by atoms with Crippen LogP contribution in [0.15, 0.2) is 12.1 Å². The molecule has 1 atom stereocenters. The smallest absolute Gasteiger partial charge is 0.277 e. The molecule has 5 heteroatoms. The van der Waals surface area contributed by atoms with Crippen molar-refractivity contribution < 1.29 is 10.0 Å². The number of hydrogen-bond donors (Lipinski definition) is 2. The molecule has 5 nitrogen and oxygen atoms in total. The second kappa shape index (κ2) is 4.33. The fourth-order valence-corrected chi connectivity index (χ4v) is 1.61. The van der Waals surface area contributed by atoms with Crippen LogP contribution in [0.25, 0.3) is 0 Å². The molecule has 0 radical (unpaired) electrons. The molecule has 0 aliphatic carbocycles. The highest BCUT2D eigenvalue weighted by Crippen LogP contribution is 2.41. The molecule has 0 amide bonds. The predicted octanol–water partition coefficient (Wildman–Crippen LogP) is 2.65. The molecular formula is C12H18N2O3. The van der Waals surface area contributed by atoms with Crippen LogP contribution >= 0.6 is 0 Å². The number of phenols is 1. The van der Waals surface area contributed by atoms with Gasteiger partial charge in [0, 0.05) is 12.1 Å². The number of phenolic OH excluding ortho intramolecular Hbond substituents is 1. The highest BCUT2D eigenvalue weighted by molar-refractivity contribution is 5.54. The van der Waals surface area contributed by atoms with Gasteiger partial charge in [0.25, 0.3) is 5.69 Å². The Kier molecular flexibility index (Phi) is 3.43. The van der Waals surface area contributed by atoms with E-state index in [9.17, 15) is 15.2 Å². The molecule has 0 unspecified atom stereocenters. The molecule has 0 aromatic heterocycles. The van der Waals surface area contributed by atoms with E-state index < -0.39 is 11.0 Å². The topological polar surface area (TPSA) is 89.4 Å². The molecule has 1 rings (SSSR count). The Bertz CT molecular complexity index is 450. The fraction of sp³-hybridized carbons (Fsp3) is 0.500. The number of nitrogens with zero attached hydrogens (tertiary/aromatic N) is 1. The third-order valence-electron chi connectivity index (χ3n) is 2.84. The minimum absolute atomic E-state index is 0.0818. The number of nitrogens with two attached hydrogens (primary N) is 1. The number of nitro benzene ring substituents is 1. The zero-order valence-electron chi connectivity index (χ0n) is 10.5. The Hall–Kier alpha value is -1.62. The van der Waals surface area contributed by atoms with E-state index in [4.69, 9.17) is 5.73 Å². The van der Waals surface area contributed by atoms with Crippen molar-refractivity contribution in [2.45, 2.75) is 33.7 Å². The molecule has 0 aliphatic heterocycles. The van der Waals surface area contributed by atoms with Gasteiger partial charge in [-0.05, 0) is 24.0 Å². The molecule has 94 valence electrons. The predicted molar refractivity (Wildman–Crippen MR) is 65.9 cm³/mol. The maximum Gasteiger partial charge on any atom is 0.277 e. The average Bonchev–Trinajstić information content (AvgIpc) is 2.19. The van der Waals surface area contributed by atoms with Gasteiger partial charge in [-0.25, -0.2) is 0 Å². The van der Waals surface area contributed by atoms with Crippen LogP contribution in [-0.2, 0) is 0 Å². The minimum atomic E-state index is -0.595. The van der Waals surface area contributed by atoms with Gasteiger partial charge in [-0.3, -0.25) is 10.1 Å². The first-order valence-corrected chi connectivity index (χ1v) is 5.38. The molecule has 0 aliphatic rings. The molecule has 0 heterocycles. The van der Waals surface area contributed by atoms with E-state index >= 15 is 0 Å². The molecule has 0 spiro atoms. The third kappa shape index (κ3) is 2.55. The molecule has 17 heavy (non-hydrogen) atoms. The van der Waals surface area contributed by atoms with Crippen LogP contribution in [0.1, 0.15) is 37.9 Å². The van der Waals surface area contributed by atoms with Crippen molar-refractivity contribution in [2.75, 3.05) is 0 Å². The second-order valence-electron chi connectivity index (χ2n) is 5.26. The zero-order valence-corrected chi connectivity index (χ0v) is 10.5. The van der Waals surface area contributed by atoms with Gasteiger partial charge < -0.3 is 10.8 Å². The lowest BCUT2D eigenvalue weighted by Crippen LogP contribution is -2.27. The first-order valence-electron chi connectivity index (χ1n) is 5.38. The molecule has 1 aromatic rings. The molecule has 1 aromatic carbocycles. The lowest BCUT2D eigenvalue weighted by Gasteiger charge is -2.27. The van der Waals surface area contributed by atoms with Crippen molar-refractivity contribution in [2.24, 2.45) is 11.1 Å². The number of benzene rings is 1. The average molecular weight is 238 g/mol. The zero-order chi connectivity index (χ0) is 13.4. The van der Waals surface area contributed by atoms with E-state index in [0.29, 0.717) is 5.56 Å². The second-order valence-corrected chi connectivity index (χ2v) is 5.26. The summed E-state index contributed by atoms with van der Waals surface area (Å²) in [6, 6.07) is 2.31. The maximum absolute atomic E-state index is 11.0. The van der Waals surface area contributed by atoms with Gasteiger partial charge in [0.15, 0.2) is 0 Å². The minimum Gasteiger partial charge on any atom is -0.507 e. The SMILES string of the molecule is Cc1ccc([N+](=O)[O-])c([C@H](N)C(C)(C)C)c1O. The summed E-state index contributed by atoms with van der Waals surface area (Å²) in [6.45, 7) is 7.33. The summed E-state index contributed by atoms with van der Waals surface area (Å²) in [4.78, 5) is 10.4. The summed E-state index contributed by atoms with van der Waals surface area (Å²) in [6.07, 6.45) is 0. The van der Waals surface area contributed by atoms with Crippen molar-refractivity contribution in [3.63, 3.8) is 0 Å². The first-order chi connectivity index (χ1) is 7.66. The van der Waals surface area contributed by atoms with Crippen molar-refractivity contribution in [1.82, 2.24) is 0 Å². The Balaban J connectivity index is 3.49. The van der Waals surface area contributed by atoms with Gasteiger partial charge in [0.1, 0.15) is 5.75 Å². The van der Waals surface area contributed by atoms with Crippen LogP contribution in [-0.4, -0.2) is 10.0 Å². The van der Waals surface area contributed by atoms with Gasteiger partial charge in [-0.15, -0.1) is 0 Å². The highest BCUT2D eigenvalue weighted by Gasteiger charge is 2.32. The van der Waals surface area contributed by atoms with E-state index in [1.165, 1.54) is 12.1 Å². The number of aryl methyl sites for hydroxylation is 1. The van der Waals surface area contributed by atoms with Crippen LogP contribution in [0, 0.1) is 22.5 Å². The third-order valence-corrected chi connectivity index (χ3v) is 2.84. The number of rotatable bonds is 2. The van der Waals surface area contributed by atoms with E-state index in [1.807, 2.05) is 20.8 Å². The monoisotopic (exact) mass is 238 g/mol. The normalized spacial score (nSPS) is 13.5. The summed E-state index contributed by atoms with van der Waals surface area (Å²) >= 11 is 0. The van der Waals surface area contributed by atoms with Gasteiger partial charge in [-0.1, -0.05) is 20.8 Å². The molecule has 0 bridgehead atoms. The van der Waals surface area contributed by atoms with E-state index in [2.05, 4.69) is 0 Å². The largest absolute Gasteiger partial charge is 0.507 e. The quantitative estimate of drug-likeness (QED) is 0.612. The van der Waals surface area contributed by atoms with Gasteiger partial charge in [0.2, 0.25) is 0 Å². The van der Waals surface area contributed by atoms with Crippen molar-refractivity contribution >= 4 is 5.69 Å². The maximum atomic E-state index is 11.0. The van der Waals surface area contributed by atoms with Gasteiger partial charge in [-0.2, -0.15) is 0 Å². The molecular weight excluding hydrogens is 220 g/mol. The lowest BCUT2D eigenvalue weighted by molar-refractivity contribution is -0.386. The summed E-state index contributed by atoms with van der Waals surface area (Å²) in [7, 11) is 0. The fourth-order valence-electron chi connectivity index (χ4n) is 1.61. The van der Waals surface area contributed by atoms with Crippen LogP contribution in [0.3, 0.4) is 0 Å².